The number of rotatable bonds is 4. The molecular formula is C20H23N7. The number of fused-ring (bicyclic) bond motifs is 1. The van der Waals surface area contributed by atoms with Crippen molar-refractivity contribution in [1.29, 1.82) is 0 Å². The van der Waals surface area contributed by atoms with Crippen LogP contribution in [0.3, 0.4) is 0 Å². The molecule has 0 aliphatic rings. The molecule has 0 saturated heterocycles. The molecule has 0 saturated carbocycles. The third-order valence-electron chi connectivity index (χ3n) is 4.76. The lowest BCUT2D eigenvalue weighted by Crippen LogP contribution is -2.05. The lowest BCUT2D eigenvalue weighted by atomic mass is 10.2. The summed E-state index contributed by atoms with van der Waals surface area (Å²) in [5.41, 5.74) is 5.62. The molecule has 7 heteroatoms. The van der Waals surface area contributed by atoms with Crippen molar-refractivity contribution in [3.05, 3.63) is 48.0 Å². The number of nitrogens with one attached hydrogen (secondary N) is 1. The highest BCUT2D eigenvalue weighted by Gasteiger charge is 2.23. The zero-order valence-corrected chi connectivity index (χ0v) is 16.2. The zero-order chi connectivity index (χ0) is 19.1. The quantitative estimate of drug-likeness (QED) is 0.590. The van der Waals surface area contributed by atoms with Gasteiger partial charge in [-0.3, -0.25) is 4.68 Å². The average Bonchev–Trinajstić information content (AvgIpc) is 3.13. The number of benzene rings is 1. The number of hydrogen-bond donors (Lipinski definition) is 1. The number of aromatic nitrogens is 6. The molecule has 4 rings (SSSR count). The minimum atomic E-state index is 0.198. The summed E-state index contributed by atoms with van der Waals surface area (Å²) in [6, 6.07) is 10.2. The largest absolute Gasteiger partial charge is 0.338 e. The van der Waals surface area contributed by atoms with Crippen molar-refractivity contribution in [2.45, 2.75) is 33.7 Å². The van der Waals surface area contributed by atoms with Gasteiger partial charge in [0, 0.05) is 24.5 Å². The molecule has 3 heterocycles. The van der Waals surface area contributed by atoms with E-state index in [9.17, 15) is 0 Å². The molecule has 0 aliphatic carbocycles. The Labute approximate surface area is 158 Å². The topological polar surface area (TPSA) is 73.5 Å². The van der Waals surface area contributed by atoms with E-state index >= 15 is 0 Å². The minimum absolute atomic E-state index is 0.198. The first-order valence-electron chi connectivity index (χ1n) is 9.03. The van der Waals surface area contributed by atoms with Gasteiger partial charge >= 0.3 is 0 Å². The molecule has 4 aromatic rings. The van der Waals surface area contributed by atoms with E-state index in [0.29, 0.717) is 5.82 Å². The summed E-state index contributed by atoms with van der Waals surface area (Å²) in [5, 5.41) is 7.92. The second-order valence-electron chi connectivity index (χ2n) is 6.95. The van der Waals surface area contributed by atoms with Crippen LogP contribution in [0.5, 0.6) is 0 Å². The summed E-state index contributed by atoms with van der Waals surface area (Å²) in [6.45, 7) is 8.35. The monoisotopic (exact) mass is 361 g/mol. The van der Waals surface area contributed by atoms with Crippen LogP contribution in [0.25, 0.3) is 22.6 Å². The third kappa shape index (κ3) is 2.85. The predicted molar refractivity (Wildman–Crippen MR) is 107 cm³/mol. The molecule has 0 spiro atoms. The molecule has 0 bridgehead atoms. The van der Waals surface area contributed by atoms with Gasteiger partial charge in [0.25, 0.3) is 0 Å². The van der Waals surface area contributed by atoms with Crippen molar-refractivity contribution in [3.63, 3.8) is 0 Å². The van der Waals surface area contributed by atoms with Gasteiger partial charge in [-0.2, -0.15) is 5.10 Å². The van der Waals surface area contributed by atoms with Crippen LogP contribution in [-0.4, -0.2) is 29.3 Å². The van der Waals surface area contributed by atoms with Gasteiger partial charge in [-0.25, -0.2) is 15.0 Å². The zero-order valence-electron chi connectivity index (χ0n) is 16.2. The second-order valence-corrected chi connectivity index (χ2v) is 6.95. The van der Waals surface area contributed by atoms with Crippen molar-refractivity contribution in [3.8, 4) is 11.4 Å². The van der Waals surface area contributed by atoms with Gasteiger partial charge in [-0.1, -0.05) is 18.2 Å². The van der Waals surface area contributed by atoms with Gasteiger partial charge in [-0.05, 0) is 39.8 Å². The van der Waals surface area contributed by atoms with E-state index < -0.39 is 0 Å². The van der Waals surface area contributed by atoms with Crippen LogP contribution in [0, 0.1) is 13.8 Å². The molecule has 0 fully saturated rings. The molecule has 27 heavy (non-hydrogen) atoms. The van der Waals surface area contributed by atoms with Crippen molar-refractivity contribution < 1.29 is 0 Å². The fourth-order valence-corrected chi connectivity index (χ4v) is 3.42. The van der Waals surface area contributed by atoms with Crippen molar-refractivity contribution in [2.24, 2.45) is 7.05 Å². The third-order valence-corrected chi connectivity index (χ3v) is 4.76. The van der Waals surface area contributed by atoms with Gasteiger partial charge < -0.3 is 9.88 Å². The summed E-state index contributed by atoms with van der Waals surface area (Å²) in [6.07, 6.45) is 1.58. The molecule has 7 nitrogen and oxygen atoms in total. The van der Waals surface area contributed by atoms with Gasteiger partial charge in [0.05, 0.1) is 11.3 Å². The SMILES string of the molecule is Cc1nn(C)c(C)c1-c1nc2c(Nc3ccccc3)ncnc2n1C(C)C. The van der Waals surface area contributed by atoms with Crippen LogP contribution in [0.1, 0.15) is 31.3 Å². The molecule has 138 valence electrons. The molecule has 0 amide bonds. The first-order valence-corrected chi connectivity index (χ1v) is 9.03. The van der Waals surface area contributed by atoms with Gasteiger partial charge in [-0.15, -0.1) is 0 Å². The number of para-hydroxylation sites is 1. The standard InChI is InChI=1S/C20H23N7/c1-12(2)27-19(16-13(3)25-26(5)14(16)4)24-17-18(21-11-22-20(17)27)23-15-9-7-6-8-10-15/h6-12H,1-5H3,(H,21,22,23). The lowest BCUT2D eigenvalue weighted by Gasteiger charge is -2.12. The van der Waals surface area contributed by atoms with E-state index in [1.807, 2.05) is 49.0 Å². The first kappa shape index (κ1) is 17.2. The molecule has 1 aromatic carbocycles. The van der Waals surface area contributed by atoms with Crippen LogP contribution < -0.4 is 5.32 Å². The fraction of sp³-hybridized carbons (Fsp3) is 0.300. The Morgan fingerprint density at radius 3 is 2.41 bits per heavy atom. The van der Waals surface area contributed by atoms with E-state index in [-0.39, 0.29) is 6.04 Å². The van der Waals surface area contributed by atoms with Crippen molar-refractivity contribution in [2.75, 3.05) is 5.32 Å². The number of nitrogens with zero attached hydrogens (tertiary/aromatic N) is 6. The van der Waals surface area contributed by atoms with Crippen LogP contribution >= 0.6 is 0 Å². The van der Waals surface area contributed by atoms with Gasteiger partial charge in [0.1, 0.15) is 12.2 Å². The summed E-state index contributed by atoms with van der Waals surface area (Å²) in [7, 11) is 1.95. The maximum Gasteiger partial charge on any atom is 0.166 e. The minimum Gasteiger partial charge on any atom is -0.338 e. The highest BCUT2D eigenvalue weighted by molar-refractivity contribution is 5.88. The van der Waals surface area contributed by atoms with Gasteiger partial charge in [0.2, 0.25) is 0 Å². The normalized spacial score (nSPS) is 11.5. The highest BCUT2D eigenvalue weighted by atomic mass is 15.3. The smallest absolute Gasteiger partial charge is 0.166 e. The summed E-state index contributed by atoms with van der Waals surface area (Å²) in [5.74, 6) is 1.57. The maximum atomic E-state index is 4.96. The van der Waals surface area contributed by atoms with Crippen LogP contribution in [-0.2, 0) is 7.05 Å². The first-order chi connectivity index (χ1) is 13.0. The Balaban J connectivity index is 1.95. The van der Waals surface area contributed by atoms with Crippen LogP contribution in [0.2, 0.25) is 0 Å². The molecule has 0 atom stereocenters. The fourth-order valence-electron chi connectivity index (χ4n) is 3.42. The summed E-state index contributed by atoms with van der Waals surface area (Å²) < 4.78 is 4.05. The lowest BCUT2D eigenvalue weighted by molar-refractivity contribution is 0.619. The molecule has 0 unspecified atom stereocenters. The Hall–Kier alpha value is -3.22. The van der Waals surface area contributed by atoms with E-state index in [1.54, 1.807) is 6.33 Å². The predicted octanol–water partition coefficient (Wildman–Crippen LogP) is 4.17. The summed E-state index contributed by atoms with van der Waals surface area (Å²) in [4.78, 5) is 13.9. The number of imidazole rings is 1. The Morgan fingerprint density at radius 1 is 1.04 bits per heavy atom. The van der Waals surface area contributed by atoms with E-state index in [4.69, 9.17) is 4.98 Å². The molecular weight excluding hydrogens is 338 g/mol. The Bertz CT molecular complexity index is 1110. The van der Waals surface area contributed by atoms with Crippen molar-refractivity contribution >= 4 is 22.7 Å². The second kappa shape index (κ2) is 6.50. The van der Waals surface area contributed by atoms with Crippen molar-refractivity contribution in [1.82, 2.24) is 29.3 Å². The molecule has 0 aliphatic heterocycles. The van der Waals surface area contributed by atoms with E-state index in [2.05, 4.69) is 45.7 Å². The number of anilines is 2. The van der Waals surface area contributed by atoms with Gasteiger partial charge in [0.15, 0.2) is 17.0 Å². The molecule has 0 radical (unpaired) electrons. The summed E-state index contributed by atoms with van der Waals surface area (Å²) >= 11 is 0. The maximum absolute atomic E-state index is 4.96. The number of hydrogen-bond acceptors (Lipinski definition) is 5. The Kier molecular flexibility index (Phi) is 4.14. The van der Waals surface area contributed by atoms with E-state index in [0.717, 1.165) is 39.6 Å². The van der Waals surface area contributed by atoms with Crippen LogP contribution in [0.15, 0.2) is 36.7 Å². The Morgan fingerprint density at radius 2 is 1.78 bits per heavy atom. The van der Waals surface area contributed by atoms with Crippen LogP contribution in [0.4, 0.5) is 11.5 Å². The molecule has 3 aromatic heterocycles. The highest BCUT2D eigenvalue weighted by Crippen LogP contribution is 2.33. The number of aryl methyl sites for hydroxylation is 2. The van der Waals surface area contributed by atoms with E-state index in [1.165, 1.54) is 0 Å². The average molecular weight is 361 g/mol. The molecule has 1 N–H and O–H groups in total.